The summed E-state index contributed by atoms with van der Waals surface area (Å²) in [6.07, 6.45) is -5.16. The maximum atomic E-state index is 13.9. The van der Waals surface area contributed by atoms with Crippen molar-refractivity contribution < 1.29 is 32.2 Å². The quantitative estimate of drug-likeness (QED) is 0.572. The van der Waals surface area contributed by atoms with E-state index in [4.69, 9.17) is 13.9 Å². The van der Waals surface area contributed by atoms with E-state index in [-0.39, 0.29) is 46.8 Å². The molecule has 0 amide bonds. The van der Waals surface area contributed by atoms with Gasteiger partial charge in [0.1, 0.15) is 17.1 Å². The number of fused-ring (bicyclic) bond motifs is 1. The lowest BCUT2D eigenvalue weighted by Gasteiger charge is -2.35. The summed E-state index contributed by atoms with van der Waals surface area (Å²) in [6, 6.07) is 8.79. The summed E-state index contributed by atoms with van der Waals surface area (Å²) in [5.74, 6) is -2.66. The van der Waals surface area contributed by atoms with Gasteiger partial charge in [-0.3, -0.25) is 9.69 Å². The molecule has 0 saturated carbocycles. The standard InChI is InChI=1S/C24H24F3NO5/c1-13-4-6-16(7-5-13)32-22-20(30)17-8-9-19(29)18(21(17)33-23(22)24(25,26)27)12-28-10-14(2)31-15(3)11-28/h4-9,14-15,29H,10-12H2,1-3H3/t14-,15-/m0/s1. The third-order valence-corrected chi connectivity index (χ3v) is 5.47. The van der Waals surface area contributed by atoms with Crippen LogP contribution in [-0.2, 0) is 17.5 Å². The van der Waals surface area contributed by atoms with Gasteiger partial charge >= 0.3 is 6.18 Å². The lowest BCUT2D eigenvalue weighted by Crippen LogP contribution is -2.44. The minimum Gasteiger partial charge on any atom is -0.507 e. The van der Waals surface area contributed by atoms with E-state index in [1.165, 1.54) is 24.3 Å². The van der Waals surface area contributed by atoms with Crippen LogP contribution in [-0.4, -0.2) is 35.3 Å². The lowest BCUT2D eigenvalue weighted by atomic mass is 10.1. The number of aryl methyl sites for hydroxylation is 1. The van der Waals surface area contributed by atoms with Crippen molar-refractivity contribution in [2.45, 2.75) is 45.7 Å². The third kappa shape index (κ3) is 4.84. The molecule has 2 atom stereocenters. The molecule has 1 aliphatic rings. The zero-order chi connectivity index (χ0) is 23.9. The molecule has 1 N–H and O–H groups in total. The molecule has 0 bridgehead atoms. The molecule has 0 spiro atoms. The van der Waals surface area contributed by atoms with Crippen LogP contribution in [0.1, 0.15) is 30.7 Å². The van der Waals surface area contributed by atoms with Gasteiger partial charge in [0.25, 0.3) is 5.76 Å². The van der Waals surface area contributed by atoms with Crippen molar-refractivity contribution in [1.82, 2.24) is 4.90 Å². The number of nitrogens with zero attached hydrogens (tertiary/aromatic N) is 1. The number of halogens is 3. The number of alkyl halides is 3. The largest absolute Gasteiger partial charge is 0.507 e. The van der Waals surface area contributed by atoms with E-state index in [1.807, 2.05) is 25.7 Å². The minimum absolute atomic E-state index is 0.0769. The van der Waals surface area contributed by atoms with Crippen LogP contribution in [0.15, 0.2) is 45.6 Å². The number of phenols is 1. The van der Waals surface area contributed by atoms with E-state index in [0.29, 0.717) is 13.1 Å². The average Bonchev–Trinajstić information content (AvgIpc) is 2.72. The van der Waals surface area contributed by atoms with E-state index in [9.17, 15) is 23.1 Å². The molecule has 1 aliphatic heterocycles. The SMILES string of the molecule is Cc1ccc(Oc2c(C(F)(F)F)oc3c(CN4C[C@H](C)O[C@@H](C)C4)c(O)ccc3c2=O)cc1. The number of phenolic OH excluding ortho intramolecular Hbond substituents is 1. The molecule has 4 rings (SSSR count). The van der Waals surface area contributed by atoms with Crippen LogP contribution < -0.4 is 10.2 Å². The fourth-order valence-corrected chi connectivity index (χ4v) is 4.08. The van der Waals surface area contributed by atoms with E-state index < -0.39 is 23.1 Å². The molecular weight excluding hydrogens is 439 g/mol. The molecule has 33 heavy (non-hydrogen) atoms. The van der Waals surface area contributed by atoms with Crippen LogP contribution in [0.25, 0.3) is 11.0 Å². The maximum Gasteiger partial charge on any atom is 0.453 e. The highest BCUT2D eigenvalue weighted by Crippen LogP contribution is 2.40. The Balaban J connectivity index is 1.84. The van der Waals surface area contributed by atoms with Gasteiger partial charge in [-0.2, -0.15) is 13.2 Å². The Bertz CT molecular complexity index is 1210. The van der Waals surface area contributed by atoms with Crippen molar-refractivity contribution in [2.24, 2.45) is 0 Å². The van der Waals surface area contributed by atoms with Gasteiger partial charge in [0.2, 0.25) is 11.2 Å². The predicted molar refractivity (Wildman–Crippen MR) is 116 cm³/mol. The summed E-state index contributed by atoms with van der Waals surface area (Å²) in [5.41, 5.74) is -0.279. The minimum atomic E-state index is -4.99. The van der Waals surface area contributed by atoms with Crippen molar-refractivity contribution in [3.8, 4) is 17.2 Å². The van der Waals surface area contributed by atoms with Crippen molar-refractivity contribution in [1.29, 1.82) is 0 Å². The second kappa shape index (κ2) is 8.72. The Morgan fingerprint density at radius 2 is 1.73 bits per heavy atom. The van der Waals surface area contributed by atoms with Gasteiger partial charge < -0.3 is 19.0 Å². The number of morpholine rings is 1. The summed E-state index contributed by atoms with van der Waals surface area (Å²) in [7, 11) is 0. The molecule has 0 aliphatic carbocycles. The number of ether oxygens (including phenoxy) is 2. The summed E-state index contributed by atoms with van der Waals surface area (Å²) < 4.78 is 58.1. The molecule has 2 aromatic carbocycles. The molecular formula is C24H24F3NO5. The van der Waals surface area contributed by atoms with E-state index in [0.717, 1.165) is 5.56 Å². The van der Waals surface area contributed by atoms with E-state index >= 15 is 0 Å². The van der Waals surface area contributed by atoms with Gasteiger partial charge in [-0.15, -0.1) is 0 Å². The summed E-state index contributed by atoms with van der Waals surface area (Å²) in [4.78, 5) is 15.1. The monoisotopic (exact) mass is 463 g/mol. The first kappa shape index (κ1) is 23.1. The van der Waals surface area contributed by atoms with Gasteiger partial charge in [-0.1, -0.05) is 17.7 Å². The number of hydrogen-bond donors (Lipinski definition) is 1. The third-order valence-electron chi connectivity index (χ3n) is 5.47. The van der Waals surface area contributed by atoms with Gasteiger partial charge in [0.15, 0.2) is 0 Å². The zero-order valence-corrected chi connectivity index (χ0v) is 18.4. The van der Waals surface area contributed by atoms with Crippen molar-refractivity contribution in [2.75, 3.05) is 13.1 Å². The highest BCUT2D eigenvalue weighted by atomic mass is 19.4. The number of benzene rings is 2. The number of aromatic hydroxyl groups is 1. The Kier molecular flexibility index (Phi) is 6.11. The maximum absolute atomic E-state index is 13.9. The molecule has 6 nitrogen and oxygen atoms in total. The molecule has 1 saturated heterocycles. The number of rotatable bonds is 4. The molecule has 0 unspecified atom stereocenters. The Hall–Kier alpha value is -3.04. The van der Waals surface area contributed by atoms with Crippen LogP contribution in [0, 0.1) is 6.92 Å². The van der Waals surface area contributed by atoms with Crippen molar-refractivity contribution in [3.05, 3.63) is 63.5 Å². The highest BCUT2D eigenvalue weighted by Gasteiger charge is 2.41. The fraction of sp³-hybridized carbons (Fsp3) is 0.375. The first-order valence-electron chi connectivity index (χ1n) is 10.5. The van der Waals surface area contributed by atoms with Crippen molar-refractivity contribution >= 4 is 11.0 Å². The molecule has 1 fully saturated rings. The van der Waals surface area contributed by atoms with Crippen LogP contribution >= 0.6 is 0 Å². The Morgan fingerprint density at radius 3 is 2.33 bits per heavy atom. The molecule has 1 aromatic heterocycles. The predicted octanol–water partition coefficient (Wildman–Crippen LogP) is 5.23. The Morgan fingerprint density at radius 1 is 1.09 bits per heavy atom. The first-order chi connectivity index (χ1) is 15.5. The average molecular weight is 463 g/mol. The van der Waals surface area contributed by atoms with Gasteiger partial charge in [-0.05, 0) is 45.0 Å². The summed E-state index contributed by atoms with van der Waals surface area (Å²) >= 11 is 0. The summed E-state index contributed by atoms with van der Waals surface area (Å²) in [5, 5.41) is 10.3. The smallest absolute Gasteiger partial charge is 0.453 e. The van der Waals surface area contributed by atoms with Crippen molar-refractivity contribution in [3.63, 3.8) is 0 Å². The van der Waals surface area contributed by atoms with Gasteiger partial charge in [-0.25, -0.2) is 0 Å². The van der Waals surface area contributed by atoms with Crippen LogP contribution in [0.5, 0.6) is 17.2 Å². The van der Waals surface area contributed by atoms with Gasteiger partial charge in [0.05, 0.1) is 23.2 Å². The van der Waals surface area contributed by atoms with Crippen LogP contribution in [0.4, 0.5) is 13.2 Å². The second-order valence-corrected chi connectivity index (χ2v) is 8.39. The molecule has 9 heteroatoms. The van der Waals surface area contributed by atoms with Gasteiger partial charge in [0, 0.05) is 19.6 Å². The Labute approximate surface area is 188 Å². The lowest BCUT2D eigenvalue weighted by molar-refractivity contribution is -0.154. The van der Waals surface area contributed by atoms with Crippen LogP contribution in [0.3, 0.4) is 0 Å². The topological polar surface area (TPSA) is 72.1 Å². The number of hydrogen-bond acceptors (Lipinski definition) is 6. The molecule has 0 radical (unpaired) electrons. The van der Waals surface area contributed by atoms with E-state index in [2.05, 4.69) is 0 Å². The first-order valence-corrected chi connectivity index (χ1v) is 10.5. The molecule has 176 valence electrons. The zero-order valence-electron chi connectivity index (χ0n) is 18.4. The molecule has 3 aromatic rings. The highest BCUT2D eigenvalue weighted by molar-refractivity contribution is 5.83. The van der Waals surface area contributed by atoms with E-state index in [1.54, 1.807) is 12.1 Å². The molecule has 2 heterocycles. The second-order valence-electron chi connectivity index (χ2n) is 8.39. The normalized spacial score (nSPS) is 19.7. The fourth-order valence-electron chi connectivity index (χ4n) is 4.08. The van der Waals surface area contributed by atoms with Crippen LogP contribution in [0.2, 0.25) is 0 Å². The summed E-state index contributed by atoms with van der Waals surface area (Å²) in [6.45, 7) is 6.74.